The van der Waals surface area contributed by atoms with Crippen LogP contribution in [0.15, 0.2) is 22.7 Å². The van der Waals surface area contributed by atoms with Gasteiger partial charge in [0.25, 0.3) is 0 Å². The van der Waals surface area contributed by atoms with Crippen LogP contribution in [0.4, 0.5) is 4.39 Å². The normalized spacial score (nSPS) is 18.6. The molecule has 1 unspecified atom stereocenters. The minimum Gasteiger partial charge on any atom is -0.481 e. The Bertz CT molecular complexity index is 504. The molecule has 116 valence electrons. The highest BCUT2D eigenvalue weighted by atomic mass is 79.9. The lowest BCUT2D eigenvalue weighted by atomic mass is 10.1. The number of aliphatic carboxylic acids is 1. The van der Waals surface area contributed by atoms with Gasteiger partial charge in [-0.05, 0) is 40.5 Å². The van der Waals surface area contributed by atoms with Gasteiger partial charge < -0.3 is 10.0 Å². The van der Waals surface area contributed by atoms with Crippen molar-refractivity contribution in [3.05, 3.63) is 34.1 Å². The third kappa shape index (κ3) is 4.49. The van der Waals surface area contributed by atoms with Crippen molar-refractivity contribution in [3.63, 3.8) is 0 Å². The lowest BCUT2D eigenvalue weighted by molar-refractivity contribution is -0.137. The third-order valence-corrected chi connectivity index (χ3v) is 4.63. The van der Waals surface area contributed by atoms with Gasteiger partial charge in [-0.1, -0.05) is 6.07 Å². The van der Waals surface area contributed by atoms with Gasteiger partial charge >= 0.3 is 5.97 Å². The topological polar surface area (TPSA) is 43.8 Å². The van der Waals surface area contributed by atoms with Gasteiger partial charge in [0.2, 0.25) is 0 Å². The third-order valence-electron chi connectivity index (χ3n) is 4.02. The summed E-state index contributed by atoms with van der Waals surface area (Å²) in [6.45, 7) is 6.28. The quantitative estimate of drug-likeness (QED) is 0.878. The van der Waals surface area contributed by atoms with Gasteiger partial charge in [0.1, 0.15) is 5.82 Å². The van der Waals surface area contributed by atoms with E-state index in [0.717, 1.165) is 31.7 Å². The van der Waals surface area contributed by atoms with Crippen LogP contribution in [0.25, 0.3) is 0 Å². The Morgan fingerprint density at radius 2 is 2.05 bits per heavy atom. The van der Waals surface area contributed by atoms with Gasteiger partial charge in [0.15, 0.2) is 0 Å². The van der Waals surface area contributed by atoms with Crippen LogP contribution in [0.5, 0.6) is 0 Å². The summed E-state index contributed by atoms with van der Waals surface area (Å²) in [5.41, 5.74) is 1.09. The summed E-state index contributed by atoms with van der Waals surface area (Å²) >= 11 is 3.22. The van der Waals surface area contributed by atoms with Crippen molar-refractivity contribution in [2.45, 2.75) is 19.4 Å². The molecular formula is C15H20BrFN2O2. The van der Waals surface area contributed by atoms with Gasteiger partial charge in [-0.15, -0.1) is 0 Å². The van der Waals surface area contributed by atoms with E-state index in [1.165, 1.54) is 6.07 Å². The molecule has 1 aromatic carbocycles. The maximum atomic E-state index is 13.3. The van der Waals surface area contributed by atoms with Crippen molar-refractivity contribution in [2.75, 3.05) is 32.7 Å². The van der Waals surface area contributed by atoms with Gasteiger partial charge in [0.05, 0.1) is 10.9 Å². The van der Waals surface area contributed by atoms with Gasteiger partial charge in [-0.3, -0.25) is 9.69 Å². The molecule has 0 saturated carbocycles. The average molecular weight is 359 g/mol. The van der Waals surface area contributed by atoms with Gasteiger partial charge in [-0.25, -0.2) is 4.39 Å². The number of halogens is 2. The summed E-state index contributed by atoms with van der Waals surface area (Å²) in [6, 6.07) is 5.36. The summed E-state index contributed by atoms with van der Waals surface area (Å²) < 4.78 is 13.8. The first kappa shape index (κ1) is 16.4. The molecule has 1 heterocycles. The van der Waals surface area contributed by atoms with Crippen molar-refractivity contribution in [1.29, 1.82) is 0 Å². The molecule has 0 radical (unpaired) electrons. The van der Waals surface area contributed by atoms with Crippen LogP contribution in [0, 0.1) is 5.82 Å². The van der Waals surface area contributed by atoms with Crippen LogP contribution >= 0.6 is 15.9 Å². The number of nitrogens with zero attached hydrogens (tertiary/aromatic N) is 2. The molecule has 1 N–H and O–H groups in total. The number of carboxylic acids is 1. The van der Waals surface area contributed by atoms with Crippen LogP contribution in [-0.4, -0.2) is 53.6 Å². The van der Waals surface area contributed by atoms with E-state index in [1.807, 2.05) is 12.1 Å². The van der Waals surface area contributed by atoms with Crippen molar-refractivity contribution in [1.82, 2.24) is 9.80 Å². The highest BCUT2D eigenvalue weighted by molar-refractivity contribution is 9.10. The van der Waals surface area contributed by atoms with E-state index >= 15 is 0 Å². The standard InChI is InChI=1S/C15H20BrFN2O2/c1-11(12-2-3-14(17)13(16)10-12)19-8-6-18(7-9-19)5-4-15(20)21/h2-3,10-11H,4-9H2,1H3,(H,20,21). The second-order valence-electron chi connectivity index (χ2n) is 5.37. The monoisotopic (exact) mass is 358 g/mol. The molecule has 4 nitrogen and oxygen atoms in total. The summed E-state index contributed by atoms with van der Waals surface area (Å²) in [6.07, 6.45) is 0.195. The molecule has 21 heavy (non-hydrogen) atoms. The first-order valence-corrected chi connectivity index (χ1v) is 7.90. The van der Waals surface area contributed by atoms with Crippen LogP contribution in [0.3, 0.4) is 0 Å². The van der Waals surface area contributed by atoms with Crippen LogP contribution in [-0.2, 0) is 4.79 Å². The van der Waals surface area contributed by atoms with Crippen LogP contribution in [0.1, 0.15) is 24.9 Å². The Labute approximate surface area is 132 Å². The van der Waals surface area contributed by atoms with E-state index in [0.29, 0.717) is 11.0 Å². The SMILES string of the molecule is CC(c1ccc(F)c(Br)c1)N1CCN(CCC(=O)O)CC1. The van der Waals surface area contributed by atoms with Crippen LogP contribution < -0.4 is 0 Å². The largest absolute Gasteiger partial charge is 0.481 e. The number of hydrogen-bond acceptors (Lipinski definition) is 3. The fourth-order valence-electron chi connectivity index (χ4n) is 2.61. The fourth-order valence-corrected chi connectivity index (χ4v) is 3.01. The lowest BCUT2D eigenvalue weighted by Gasteiger charge is -2.38. The maximum Gasteiger partial charge on any atom is 0.304 e. The molecule has 1 aliphatic rings. The molecule has 0 aliphatic carbocycles. The second kappa shape index (κ2) is 7.33. The summed E-state index contributed by atoms with van der Waals surface area (Å²) in [4.78, 5) is 15.1. The minimum absolute atomic E-state index is 0.195. The van der Waals surface area contributed by atoms with Crippen molar-refractivity contribution in [2.24, 2.45) is 0 Å². The molecule has 1 atom stereocenters. The summed E-state index contributed by atoms with van der Waals surface area (Å²) in [5.74, 6) is -0.994. The molecule has 2 rings (SSSR count). The molecule has 1 aliphatic heterocycles. The zero-order chi connectivity index (χ0) is 15.4. The molecule has 0 spiro atoms. The minimum atomic E-state index is -0.748. The Balaban J connectivity index is 1.89. The molecule has 1 fully saturated rings. The molecule has 0 amide bonds. The number of carbonyl (C=O) groups is 1. The molecule has 0 aromatic heterocycles. The predicted octanol–water partition coefficient (Wildman–Crippen LogP) is 2.74. The average Bonchev–Trinajstić information content (AvgIpc) is 2.48. The first-order valence-electron chi connectivity index (χ1n) is 7.10. The highest BCUT2D eigenvalue weighted by Gasteiger charge is 2.22. The van der Waals surface area contributed by atoms with Crippen LogP contribution in [0.2, 0.25) is 0 Å². The summed E-state index contributed by atoms with van der Waals surface area (Å²) in [7, 11) is 0. The lowest BCUT2D eigenvalue weighted by Crippen LogP contribution is -2.47. The Morgan fingerprint density at radius 3 is 2.62 bits per heavy atom. The molecule has 1 aromatic rings. The van der Waals surface area contributed by atoms with E-state index in [9.17, 15) is 9.18 Å². The second-order valence-corrected chi connectivity index (χ2v) is 6.23. The highest BCUT2D eigenvalue weighted by Crippen LogP contribution is 2.25. The fraction of sp³-hybridized carbons (Fsp3) is 0.533. The smallest absolute Gasteiger partial charge is 0.304 e. The van der Waals surface area contributed by atoms with E-state index < -0.39 is 5.97 Å². The number of rotatable bonds is 5. The number of benzene rings is 1. The number of hydrogen-bond donors (Lipinski definition) is 1. The van der Waals surface area contributed by atoms with Gasteiger partial charge in [-0.2, -0.15) is 0 Å². The summed E-state index contributed by atoms with van der Waals surface area (Å²) in [5, 5.41) is 8.71. The van der Waals surface area contributed by atoms with Gasteiger partial charge in [0, 0.05) is 38.8 Å². The zero-order valence-corrected chi connectivity index (χ0v) is 13.6. The Morgan fingerprint density at radius 1 is 1.38 bits per heavy atom. The van der Waals surface area contributed by atoms with E-state index in [2.05, 4.69) is 32.7 Å². The van der Waals surface area contributed by atoms with Crippen molar-refractivity contribution >= 4 is 21.9 Å². The van der Waals surface area contributed by atoms with E-state index in [-0.39, 0.29) is 18.3 Å². The maximum absolute atomic E-state index is 13.3. The van der Waals surface area contributed by atoms with Crippen molar-refractivity contribution < 1.29 is 14.3 Å². The zero-order valence-electron chi connectivity index (χ0n) is 12.1. The molecule has 6 heteroatoms. The first-order chi connectivity index (χ1) is 9.97. The number of piperazine rings is 1. The Hall–Kier alpha value is -0.980. The Kier molecular flexibility index (Phi) is 5.72. The molecule has 0 bridgehead atoms. The van der Waals surface area contributed by atoms with E-state index in [4.69, 9.17) is 5.11 Å². The predicted molar refractivity (Wildman–Crippen MR) is 82.8 cm³/mol. The van der Waals surface area contributed by atoms with E-state index in [1.54, 1.807) is 0 Å². The van der Waals surface area contributed by atoms with Crippen molar-refractivity contribution in [3.8, 4) is 0 Å². The molecule has 1 saturated heterocycles. The number of carboxylic acid groups (broad SMARTS) is 1. The molecular weight excluding hydrogens is 339 g/mol.